The number of pyridine rings is 1. The molecular formula is C22H38IN5O. The van der Waals surface area contributed by atoms with Crippen molar-refractivity contribution in [2.24, 2.45) is 10.4 Å². The molecule has 1 aromatic rings. The van der Waals surface area contributed by atoms with Crippen molar-refractivity contribution in [1.82, 2.24) is 20.5 Å². The topological polar surface area (TPSA) is 61.8 Å². The first kappa shape index (κ1) is 24.3. The molecule has 0 aromatic carbocycles. The van der Waals surface area contributed by atoms with Crippen LogP contribution in [0.25, 0.3) is 0 Å². The molecule has 29 heavy (non-hydrogen) atoms. The molecule has 2 aliphatic rings. The Morgan fingerprint density at radius 2 is 1.93 bits per heavy atom. The molecule has 2 fully saturated rings. The Kier molecular flexibility index (Phi) is 10.7. The number of aryl methyl sites for hydroxylation is 1. The molecule has 164 valence electrons. The van der Waals surface area contributed by atoms with Crippen LogP contribution in [0.15, 0.2) is 23.3 Å². The number of halogens is 1. The molecule has 0 spiro atoms. The van der Waals surface area contributed by atoms with Crippen molar-refractivity contribution in [3.63, 3.8) is 0 Å². The van der Waals surface area contributed by atoms with Crippen LogP contribution in [0.5, 0.6) is 0 Å². The molecule has 1 aliphatic heterocycles. The summed E-state index contributed by atoms with van der Waals surface area (Å²) in [5.74, 6) is 0.909. The third-order valence-electron chi connectivity index (χ3n) is 6.11. The number of nitrogens with one attached hydrogen (secondary N) is 2. The van der Waals surface area contributed by atoms with E-state index in [0.29, 0.717) is 5.41 Å². The van der Waals surface area contributed by atoms with Crippen LogP contribution >= 0.6 is 24.0 Å². The molecule has 2 heterocycles. The minimum atomic E-state index is 0. The Labute approximate surface area is 193 Å². The van der Waals surface area contributed by atoms with Gasteiger partial charge in [0.15, 0.2) is 5.96 Å². The fourth-order valence-corrected chi connectivity index (χ4v) is 4.39. The number of hydrogen-bond acceptors (Lipinski definition) is 4. The van der Waals surface area contributed by atoms with Crippen LogP contribution in [0, 0.1) is 12.3 Å². The van der Waals surface area contributed by atoms with Crippen molar-refractivity contribution >= 4 is 29.9 Å². The summed E-state index contributed by atoms with van der Waals surface area (Å²) in [7, 11) is 1.86. The summed E-state index contributed by atoms with van der Waals surface area (Å²) in [6.07, 6.45) is 9.60. The number of aromatic nitrogens is 1. The maximum atomic E-state index is 5.53. The van der Waals surface area contributed by atoms with E-state index in [0.717, 1.165) is 57.5 Å². The lowest BCUT2D eigenvalue weighted by atomic mass is 9.73. The summed E-state index contributed by atoms with van der Waals surface area (Å²) in [6.45, 7) is 8.94. The number of hydrogen-bond donors (Lipinski definition) is 2. The number of morpholine rings is 1. The Morgan fingerprint density at radius 3 is 2.59 bits per heavy atom. The van der Waals surface area contributed by atoms with Gasteiger partial charge in [0.1, 0.15) is 0 Å². The Bertz CT molecular complexity index is 610. The second-order valence-corrected chi connectivity index (χ2v) is 8.36. The van der Waals surface area contributed by atoms with Gasteiger partial charge in [0.25, 0.3) is 0 Å². The first-order valence-electron chi connectivity index (χ1n) is 10.9. The van der Waals surface area contributed by atoms with Gasteiger partial charge in [-0.05, 0) is 37.8 Å². The van der Waals surface area contributed by atoms with Crippen LogP contribution in [0.2, 0.25) is 0 Å². The molecular weight excluding hydrogens is 477 g/mol. The third kappa shape index (κ3) is 8.02. The van der Waals surface area contributed by atoms with Gasteiger partial charge in [0.05, 0.1) is 13.2 Å². The average molecular weight is 515 g/mol. The van der Waals surface area contributed by atoms with E-state index < -0.39 is 0 Å². The van der Waals surface area contributed by atoms with E-state index in [2.05, 4.69) is 37.6 Å². The summed E-state index contributed by atoms with van der Waals surface area (Å²) in [6, 6.07) is 4.22. The summed E-state index contributed by atoms with van der Waals surface area (Å²) >= 11 is 0. The van der Waals surface area contributed by atoms with Crippen LogP contribution in [-0.2, 0) is 11.2 Å². The van der Waals surface area contributed by atoms with E-state index in [1.807, 2.05) is 20.2 Å². The van der Waals surface area contributed by atoms with Gasteiger partial charge in [-0.25, -0.2) is 0 Å². The van der Waals surface area contributed by atoms with E-state index in [-0.39, 0.29) is 24.0 Å². The van der Waals surface area contributed by atoms with Crippen LogP contribution in [0.1, 0.15) is 43.4 Å². The third-order valence-corrected chi connectivity index (χ3v) is 6.11. The largest absolute Gasteiger partial charge is 0.379 e. The molecule has 1 saturated heterocycles. The van der Waals surface area contributed by atoms with Gasteiger partial charge < -0.3 is 15.4 Å². The predicted octanol–water partition coefficient (Wildman–Crippen LogP) is 3.00. The smallest absolute Gasteiger partial charge is 0.191 e. The van der Waals surface area contributed by atoms with Gasteiger partial charge >= 0.3 is 0 Å². The lowest BCUT2D eigenvalue weighted by molar-refractivity contribution is 0.00820. The highest BCUT2D eigenvalue weighted by molar-refractivity contribution is 14.0. The monoisotopic (exact) mass is 515 g/mol. The lowest BCUT2D eigenvalue weighted by Crippen LogP contribution is -2.51. The zero-order valence-electron chi connectivity index (χ0n) is 18.1. The quantitative estimate of drug-likeness (QED) is 0.332. The van der Waals surface area contributed by atoms with Crippen molar-refractivity contribution in [2.45, 2.75) is 45.4 Å². The first-order chi connectivity index (χ1) is 13.7. The van der Waals surface area contributed by atoms with Crippen molar-refractivity contribution in [3.05, 3.63) is 29.6 Å². The van der Waals surface area contributed by atoms with Crippen LogP contribution in [0.3, 0.4) is 0 Å². The molecule has 6 nitrogen and oxygen atoms in total. The molecule has 1 aromatic heterocycles. The predicted molar refractivity (Wildman–Crippen MR) is 130 cm³/mol. The van der Waals surface area contributed by atoms with Crippen LogP contribution < -0.4 is 10.6 Å². The number of guanidine groups is 1. The van der Waals surface area contributed by atoms with E-state index in [1.54, 1.807) is 0 Å². The highest BCUT2D eigenvalue weighted by Crippen LogP contribution is 2.36. The van der Waals surface area contributed by atoms with E-state index >= 15 is 0 Å². The Morgan fingerprint density at radius 1 is 1.17 bits per heavy atom. The Balaban J connectivity index is 0.00000300. The van der Waals surface area contributed by atoms with Gasteiger partial charge in [-0.2, -0.15) is 0 Å². The molecule has 0 bridgehead atoms. The summed E-state index contributed by atoms with van der Waals surface area (Å²) in [5, 5.41) is 7.10. The number of nitrogens with zero attached hydrogens (tertiary/aromatic N) is 3. The maximum absolute atomic E-state index is 5.53. The van der Waals surface area contributed by atoms with Crippen molar-refractivity contribution in [2.75, 3.05) is 53.0 Å². The van der Waals surface area contributed by atoms with Gasteiger partial charge in [0.2, 0.25) is 0 Å². The second-order valence-electron chi connectivity index (χ2n) is 8.36. The van der Waals surface area contributed by atoms with E-state index in [4.69, 9.17) is 4.74 Å². The highest BCUT2D eigenvalue weighted by atomic mass is 127. The normalized spacial score (nSPS) is 20.0. The SMILES string of the molecule is CN=C(NCCc1ccc(C)nc1)NCC1(CN2CCOCC2)CCCCC1.I. The number of ether oxygens (including phenoxy) is 1. The first-order valence-corrected chi connectivity index (χ1v) is 10.9. The zero-order valence-corrected chi connectivity index (χ0v) is 20.4. The molecule has 1 aliphatic carbocycles. The molecule has 3 rings (SSSR count). The standard InChI is InChI=1S/C22H37N5O.HI/c1-19-6-7-20(16-25-19)8-11-24-21(23-2)26-17-22(9-4-3-5-10-22)18-27-12-14-28-15-13-27;/h6-7,16H,3-5,8-15,17-18H2,1-2H3,(H2,23,24,26);1H. The maximum Gasteiger partial charge on any atom is 0.191 e. The lowest BCUT2D eigenvalue weighted by Gasteiger charge is -2.42. The molecule has 0 amide bonds. The average Bonchev–Trinajstić information content (AvgIpc) is 2.73. The summed E-state index contributed by atoms with van der Waals surface area (Å²) < 4.78 is 5.53. The Hall–Kier alpha value is -0.930. The fraction of sp³-hybridized carbons (Fsp3) is 0.727. The van der Waals surface area contributed by atoms with Crippen molar-refractivity contribution in [1.29, 1.82) is 0 Å². The molecule has 0 radical (unpaired) electrons. The van der Waals surface area contributed by atoms with Gasteiger partial charge in [0, 0.05) is 57.1 Å². The second kappa shape index (κ2) is 12.7. The summed E-state index contributed by atoms with van der Waals surface area (Å²) in [5.41, 5.74) is 2.67. The van der Waals surface area contributed by atoms with Gasteiger partial charge in [-0.3, -0.25) is 14.9 Å². The van der Waals surface area contributed by atoms with Crippen LogP contribution in [-0.4, -0.2) is 68.8 Å². The minimum absolute atomic E-state index is 0. The highest BCUT2D eigenvalue weighted by Gasteiger charge is 2.34. The van der Waals surface area contributed by atoms with Crippen molar-refractivity contribution in [3.8, 4) is 0 Å². The summed E-state index contributed by atoms with van der Waals surface area (Å²) in [4.78, 5) is 11.4. The molecule has 1 saturated carbocycles. The molecule has 0 unspecified atom stereocenters. The van der Waals surface area contributed by atoms with Crippen molar-refractivity contribution < 1.29 is 4.74 Å². The van der Waals surface area contributed by atoms with E-state index in [9.17, 15) is 0 Å². The van der Waals surface area contributed by atoms with E-state index in [1.165, 1.54) is 44.2 Å². The number of aliphatic imine (C=N–C) groups is 1. The number of rotatable bonds is 7. The fourth-order valence-electron chi connectivity index (χ4n) is 4.39. The zero-order chi connectivity index (χ0) is 19.7. The molecule has 7 heteroatoms. The van der Waals surface area contributed by atoms with Gasteiger partial charge in [-0.1, -0.05) is 25.3 Å². The molecule has 2 N–H and O–H groups in total. The minimum Gasteiger partial charge on any atom is -0.379 e. The van der Waals surface area contributed by atoms with Gasteiger partial charge in [-0.15, -0.1) is 24.0 Å². The van der Waals surface area contributed by atoms with Crippen LogP contribution in [0.4, 0.5) is 0 Å². The molecule has 0 atom stereocenters.